The Morgan fingerprint density at radius 3 is 2.62 bits per heavy atom. The van der Waals surface area contributed by atoms with E-state index in [1.807, 2.05) is 42.2 Å². The lowest BCUT2D eigenvalue weighted by atomic mass is 9.95. The Labute approximate surface area is 150 Å². The van der Waals surface area contributed by atoms with Crippen molar-refractivity contribution < 1.29 is 9.59 Å². The second-order valence-electron chi connectivity index (χ2n) is 6.38. The molecule has 6 heteroatoms. The van der Waals surface area contributed by atoms with E-state index in [0.29, 0.717) is 19.5 Å². The number of amides is 2. The minimum atomic E-state index is -0.109. The van der Waals surface area contributed by atoms with Crippen LogP contribution in [-0.4, -0.2) is 54.3 Å². The Kier molecular flexibility index (Phi) is 8.22. The summed E-state index contributed by atoms with van der Waals surface area (Å²) in [7, 11) is 1.80. The van der Waals surface area contributed by atoms with Crippen LogP contribution in [0.4, 0.5) is 0 Å². The highest BCUT2D eigenvalue weighted by Gasteiger charge is 2.31. The summed E-state index contributed by atoms with van der Waals surface area (Å²) in [4.78, 5) is 28.6. The van der Waals surface area contributed by atoms with Crippen molar-refractivity contribution in [2.24, 2.45) is 11.7 Å². The van der Waals surface area contributed by atoms with Crippen molar-refractivity contribution in [3.63, 3.8) is 0 Å². The number of hydrogen-bond acceptors (Lipinski definition) is 3. The molecule has 0 radical (unpaired) electrons. The van der Waals surface area contributed by atoms with E-state index in [2.05, 4.69) is 0 Å². The number of halogens is 1. The topological polar surface area (TPSA) is 66.6 Å². The number of likely N-dealkylation sites (tertiary alicyclic amines) is 1. The van der Waals surface area contributed by atoms with Gasteiger partial charge in [0.1, 0.15) is 0 Å². The number of benzene rings is 1. The summed E-state index contributed by atoms with van der Waals surface area (Å²) in [6, 6.07) is 9.76. The molecule has 0 spiro atoms. The maximum atomic E-state index is 12.6. The van der Waals surface area contributed by atoms with Gasteiger partial charge < -0.3 is 15.5 Å². The van der Waals surface area contributed by atoms with Gasteiger partial charge in [-0.1, -0.05) is 30.3 Å². The molecular formula is C18H28ClN3O2. The molecular weight excluding hydrogens is 326 g/mol. The number of nitrogens with two attached hydrogens (primary N) is 1. The van der Waals surface area contributed by atoms with E-state index >= 15 is 0 Å². The van der Waals surface area contributed by atoms with Crippen LogP contribution in [0.15, 0.2) is 30.3 Å². The van der Waals surface area contributed by atoms with Crippen LogP contribution in [0.5, 0.6) is 0 Å². The first-order valence-electron chi connectivity index (χ1n) is 8.31. The summed E-state index contributed by atoms with van der Waals surface area (Å²) in [5, 5.41) is 0. The molecule has 1 aromatic rings. The number of likely N-dealkylation sites (N-methyl/N-ethyl adjacent to an activating group) is 1. The maximum absolute atomic E-state index is 12.6. The van der Waals surface area contributed by atoms with Crippen LogP contribution >= 0.6 is 12.4 Å². The fourth-order valence-corrected chi connectivity index (χ4v) is 2.95. The van der Waals surface area contributed by atoms with Crippen molar-refractivity contribution in [3.05, 3.63) is 35.9 Å². The third-order valence-corrected chi connectivity index (χ3v) is 4.67. The van der Waals surface area contributed by atoms with Crippen molar-refractivity contribution in [1.82, 2.24) is 9.80 Å². The van der Waals surface area contributed by atoms with Gasteiger partial charge in [0, 0.05) is 32.7 Å². The standard InChI is InChI=1S/C18H27N3O2.ClH/c1-14(12-19)20(2)18(23)16-9-6-10-21(13-16)17(22)11-15-7-4-3-5-8-15;/h3-5,7-8,14,16H,6,9-13,19H2,1-2H3;1H. The monoisotopic (exact) mass is 353 g/mol. The molecule has 1 aliphatic rings. The Morgan fingerprint density at radius 1 is 1.33 bits per heavy atom. The van der Waals surface area contributed by atoms with Gasteiger partial charge in [0.05, 0.1) is 12.3 Å². The van der Waals surface area contributed by atoms with Gasteiger partial charge in [-0.25, -0.2) is 0 Å². The predicted octanol–water partition coefficient (Wildman–Crippen LogP) is 1.70. The van der Waals surface area contributed by atoms with E-state index < -0.39 is 0 Å². The van der Waals surface area contributed by atoms with Crippen LogP contribution in [0.3, 0.4) is 0 Å². The van der Waals surface area contributed by atoms with E-state index in [9.17, 15) is 9.59 Å². The second-order valence-corrected chi connectivity index (χ2v) is 6.38. The number of piperidine rings is 1. The van der Waals surface area contributed by atoms with E-state index in [4.69, 9.17) is 5.73 Å². The van der Waals surface area contributed by atoms with Crippen LogP contribution < -0.4 is 5.73 Å². The average Bonchev–Trinajstić information content (AvgIpc) is 2.60. The smallest absolute Gasteiger partial charge is 0.227 e. The first-order valence-corrected chi connectivity index (χ1v) is 8.31. The van der Waals surface area contributed by atoms with Gasteiger partial charge in [-0.15, -0.1) is 12.4 Å². The average molecular weight is 354 g/mol. The van der Waals surface area contributed by atoms with Gasteiger partial charge in [-0.2, -0.15) is 0 Å². The fraction of sp³-hybridized carbons (Fsp3) is 0.556. The SMILES string of the molecule is CC(CN)N(C)C(=O)C1CCCN(C(=O)Cc2ccccc2)C1.Cl. The van der Waals surface area contributed by atoms with Crippen LogP contribution in [0, 0.1) is 5.92 Å². The Morgan fingerprint density at radius 2 is 2.00 bits per heavy atom. The largest absolute Gasteiger partial charge is 0.342 e. The van der Waals surface area contributed by atoms with E-state index in [0.717, 1.165) is 24.9 Å². The molecule has 1 aromatic carbocycles. The molecule has 0 bridgehead atoms. The molecule has 24 heavy (non-hydrogen) atoms. The summed E-state index contributed by atoms with van der Waals surface area (Å²) in [5.74, 6) is 0.0888. The first-order chi connectivity index (χ1) is 11.0. The van der Waals surface area contributed by atoms with Crippen LogP contribution in [0.2, 0.25) is 0 Å². The molecule has 2 N–H and O–H groups in total. The molecule has 0 aliphatic carbocycles. The van der Waals surface area contributed by atoms with Gasteiger partial charge in [-0.05, 0) is 25.3 Å². The first kappa shape index (κ1) is 20.5. The highest BCUT2D eigenvalue weighted by molar-refractivity contribution is 5.85. The van der Waals surface area contributed by atoms with Crippen LogP contribution in [0.25, 0.3) is 0 Å². The van der Waals surface area contributed by atoms with E-state index in [-0.39, 0.29) is 36.2 Å². The Bertz CT molecular complexity index is 538. The zero-order valence-corrected chi connectivity index (χ0v) is 15.3. The zero-order chi connectivity index (χ0) is 16.8. The van der Waals surface area contributed by atoms with Crippen LogP contribution in [-0.2, 0) is 16.0 Å². The summed E-state index contributed by atoms with van der Waals surface area (Å²) in [6.07, 6.45) is 2.12. The Hall–Kier alpha value is -1.59. The molecule has 1 fully saturated rings. The summed E-state index contributed by atoms with van der Waals surface area (Å²) < 4.78 is 0. The number of carbonyl (C=O) groups is 2. The maximum Gasteiger partial charge on any atom is 0.227 e. The normalized spacial score (nSPS) is 18.5. The van der Waals surface area contributed by atoms with E-state index in [1.54, 1.807) is 11.9 Å². The van der Waals surface area contributed by atoms with Crippen molar-refractivity contribution in [2.75, 3.05) is 26.7 Å². The third kappa shape index (κ3) is 5.21. The molecule has 1 saturated heterocycles. The van der Waals surface area contributed by atoms with Crippen molar-refractivity contribution in [1.29, 1.82) is 0 Å². The van der Waals surface area contributed by atoms with Crippen molar-refractivity contribution >= 4 is 24.2 Å². The number of rotatable bonds is 5. The lowest BCUT2D eigenvalue weighted by Crippen LogP contribution is -2.49. The summed E-state index contributed by atoms with van der Waals surface area (Å²) in [5.41, 5.74) is 6.66. The molecule has 1 heterocycles. The predicted molar refractivity (Wildman–Crippen MR) is 98.0 cm³/mol. The molecule has 2 unspecified atom stereocenters. The highest BCUT2D eigenvalue weighted by Crippen LogP contribution is 2.20. The molecule has 2 rings (SSSR count). The number of carbonyl (C=O) groups excluding carboxylic acids is 2. The fourth-order valence-electron chi connectivity index (χ4n) is 2.95. The highest BCUT2D eigenvalue weighted by atomic mass is 35.5. The molecule has 2 atom stereocenters. The lowest BCUT2D eigenvalue weighted by Gasteiger charge is -2.35. The molecule has 0 aromatic heterocycles. The third-order valence-electron chi connectivity index (χ3n) is 4.67. The minimum absolute atomic E-state index is 0. The van der Waals surface area contributed by atoms with Crippen LogP contribution in [0.1, 0.15) is 25.3 Å². The van der Waals surface area contributed by atoms with E-state index in [1.165, 1.54) is 0 Å². The zero-order valence-electron chi connectivity index (χ0n) is 14.5. The quantitative estimate of drug-likeness (QED) is 0.876. The molecule has 134 valence electrons. The van der Waals surface area contributed by atoms with Gasteiger partial charge in [0.25, 0.3) is 0 Å². The summed E-state index contributed by atoms with van der Waals surface area (Å²) >= 11 is 0. The van der Waals surface area contributed by atoms with Crippen molar-refractivity contribution in [3.8, 4) is 0 Å². The lowest BCUT2D eigenvalue weighted by molar-refractivity contribution is -0.140. The number of nitrogens with zero attached hydrogens (tertiary/aromatic N) is 2. The molecule has 2 amide bonds. The van der Waals surface area contributed by atoms with Crippen molar-refractivity contribution in [2.45, 2.75) is 32.2 Å². The molecule has 1 aliphatic heterocycles. The number of hydrogen-bond donors (Lipinski definition) is 1. The van der Waals surface area contributed by atoms with Gasteiger partial charge in [0.15, 0.2) is 0 Å². The minimum Gasteiger partial charge on any atom is -0.342 e. The van der Waals surface area contributed by atoms with Gasteiger partial charge in [0.2, 0.25) is 11.8 Å². The van der Waals surface area contributed by atoms with Gasteiger partial charge in [-0.3, -0.25) is 9.59 Å². The second kappa shape index (κ2) is 9.64. The molecule has 5 nitrogen and oxygen atoms in total. The molecule has 0 saturated carbocycles. The van der Waals surface area contributed by atoms with Gasteiger partial charge >= 0.3 is 0 Å². The Balaban J connectivity index is 0.00000288. The summed E-state index contributed by atoms with van der Waals surface area (Å²) in [6.45, 7) is 3.66.